The van der Waals surface area contributed by atoms with Crippen LogP contribution < -0.4 is 0 Å². The maximum atomic E-state index is 8.93. The minimum Gasteiger partial charge on any atom is -0.463 e. The zero-order chi connectivity index (χ0) is 9.42. The molecule has 1 heterocycles. The normalized spacial score (nSPS) is 10.2. The van der Waals surface area contributed by atoms with Gasteiger partial charge in [-0.3, -0.25) is 0 Å². The van der Waals surface area contributed by atoms with E-state index in [1.165, 1.54) is 0 Å². The monoisotopic (exact) mass is 283 g/mol. The van der Waals surface area contributed by atoms with Crippen molar-refractivity contribution in [2.45, 2.75) is 6.92 Å². The van der Waals surface area contributed by atoms with Crippen LogP contribution in [0.3, 0.4) is 0 Å². The quantitative estimate of drug-likeness (QED) is 0.696. The predicted octanol–water partition coefficient (Wildman–Crippen LogP) is 3.22. The fourth-order valence-corrected chi connectivity index (χ4v) is 2.26. The molecule has 13 heavy (non-hydrogen) atoms. The number of hydrogen-bond acceptors (Lipinski definition) is 2. The number of benzene rings is 1. The van der Waals surface area contributed by atoms with Gasteiger partial charge in [-0.2, -0.15) is 5.26 Å². The van der Waals surface area contributed by atoms with Gasteiger partial charge < -0.3 is 4.42 Å². The number of nitriles is 1. The lowest BCUT2D eigenvalue weighted by Gasteiger charge is -1.99. The van der Waals surface area contributed by atoms with Crippen LogP contribution in [0, 0.1) is 21.8 Å². The smallest absolute Gasteiger partial charge is 0.148 e. The maximum absolute atomic E-state index is 8.93. The summed E-state index contributed by atoms with van der Waals surface area (Å²) >= 11 is 2.21. The SMILES string of the molecule is Cc1cc(I)c2occc2c1C#N. The standard InChI is InChI=1S/C10H6INO/c1-6-4-9(11)10-7(2-3-13-10)8(6)5-12/h2-4H,1H3. The molecule has 0 fully saturated rings. The molecule has 0 saturated heterocycles. The molecule has 2 nitrogen and oxygen atoms in total. The Morgan fingerprint density at radius 1 is 1.54 bits per heavy atom. The van der Waals surface area contributed by atoms with E-state index in [0.29, 0.717) is 5.56 Å². The summed E-state index contributed by atoms with van der Waals surface area (Å²) < 4.78 is 6.34. The molecule has 0 aliphatic heterocycles. The van der Waals surface area contributed by atoms with Gasteiger partial charge in [-0.05, 0) is 47.2 Å². The van der Waals surface area contributed by atoms with E-state index in [1.54, 1.807) is 6.26 Å². The Morgan fingerprint density at radius 2 is 2.31 bits per heavy atom. The van der Waals surface area contributed by atoms with Crippen molar-refractivity contribution in [1.82, 2.24) is 0 Å². The molecule has 0 bridgehead atoms. The highest BCUT2D eigenvalue weighted by Gasteiger charge is 2.09. The molecular weight excluding hydrogens is 277 g/mol. The van der Waals surface area contributed by atoms with Crippen LogP contribution >= 0.6 is 22.6 Å². The molecule has 0 N–H and O–H groups in total. The zero-order valence-corrected chi connectivity index (χ0v) is 9.12. The summed E-state index contributed by atoms with van der Waals surface area (Å²) in [6.45, 7) is 1.94. The molecule has 0 radical (unpaired) electrons. The van der Waals surface area contributed by atoms with E-state index in [2.05, 4.69) is 28.7 Å². The minimum atomic E-state index is 0.712. The molecule has 0 spiro atoms. The minimum absolute atomic E-state index is 0.712. The van der Waals surface area contributed by atoms with E-state index in [0.717, 1.165) is 20.1 Å². The Balaban J connectivity index is 2.99. The van der Waals surface area contributed by atoms with E-state index in [9.17, 15) is 0 Å². The molecule has 64 valence electrons. The Morgan fingerprint density at radius 3 is 3.00 bits per heavy atom. The van der Waals surface area contributed by atoms with E-state index in [-0.39, 0.29) is 0 Å². The van der Waals surface area contributed by atoms with Gasteiger partial charge in [-0.1, -0.05) is 0 Å². The van der Waals surface area contributed by atoms with Crippen LogP contribution in [0.1, 0.15) is 11.1 Å². The molecule has 1 aromatic heterocycles. The summed E-state index contributed by atoms with van der Waals surface area (Å²) in [5.74, 6) is 0. The first-order valence-electron chi connectivity index (χ1n) is 3.80. The number of halogens is 1. The molecule has 1 aromatic carbocycles. The van der Waals surface area contributed by atoms with E-state index < -0.39 is 0 Å². The van der Waals surface area contributed by atoms with Crippen molar-refractivity contribution in [2.24, 2.45) is 0 Å². The van der Waals surface area contributed by atoms with Gasteiger partial charge in [-0.15, -0.1) is 0 Å². The number of furan rings is 1. The van der Waals surface area contributed by atoms with Crippen molar-refractivity contribution in [3.63, 3.8) is 0 Å². The fraction of sp³-hybridized carbons (Fsp3) is 0.100. The second-order valence-corrected chi connectivity index (χ2v) is 3.99. The average molecular weight is 283 g/mol. The Hall–Kier alpha value is -1.02. The van der Waals surface area contributed by atoms with Gasteiger partial charge in [-0.25, -0.2) is 0 Å². The van der Waals surface area contributed by atoms with Gasteiger partial charge in [0.05, 0.1) is 15.4 Å². The lowest BCUT2D eigenvalue weighted by Crippen LogP contribution is -1.85. The van der Waals surface area contributed by atoms with Gasteiger partial charge in [0.1, 0.15) is 11.7 Å². The van der Waals surface area contributed by atoms with Crippen molar-refractivity contribution < 1.29 is 4.42 Å². The summed E-state index contributed by atoms with van der Waals surface area (Å²) in [4.78, 5) is 0. The van der Waals surface area contributed by atoms with Crippen molar-refractivity contribution in [2.75, 3.05) is 0 Å². The van der Waals surface area contributed by atoms with Crippen molar-refractivity contribution in [3.05, 3.63) is 33.1 Å². The second kappa shape index (κ2) is 3.04. The topological polar surface area (TPSA) is 36.9 Å². The lowest BCUT2D eigenvalue weighted by atomic mass is 10.1. The first-order valence-corrected chi connectivity index (χ1v) is 4.88. The number of nitrogens with zero attached hydrogens (tertiary/aromatic N) is 1. The summed E-state index contributed by atoms with van der Waals surface area (Å²) in [5, 5.41) is 9.84. The predicted molar refractivity (Wildman–Crippen MR) is 58.4 cm³/mol. The van der Waals surface area contributed by atoms with Crippen LogP contribution in [-0.4, -0.2) is 0 Å². The van der Waals surface area contributed by atoms with E-state index >= 15 is 0 Å². The highest BCUT2D eigenvalue weighted by atomic mass is 127. The molecular formula is C10H6INO. The molecule has 0 aliphatic carbocycles. The molecule has 0 amide bonds. The number of rotatable bonds is 0. The van der Waals surface area contributed by atoms with Gasteiger partial charge in [0.15, 0.2) is 0 Å². The first kappa shape index (κ1) is 8.57. The summed E-state index contributed by atoms with van der Waals surface area (Å²) in [6.07, 6.45) is 1.62. The number of aryl methyl sites for hydroxylation is 1. The Kier molecular flexibility index (Phi) is 2.00. The summed E-state index contributed by atoms with van der Waals surface area (Å²) in [6, 6.07) is 5.99. The van der Waals surface area contributed by atoms with Crippen molar-refractivity contribution in [1.29, 1.82) is 5.26 Å². The van der Waals surface area contributed by atoms with Gasteiger partial charge in [0.2, 0.25) is 0 Å². The maximum Gasteiger partial charge on any atom is 0.148 e. The summed E-state index contributed by atoms with van der Waals surface area (Å²) in [7, 11) is 0. The van der Waals surface area contributed by atoms with E-state index in [4.69, 9.17) is 9.68 Å². The average Bonchev–Trinajstić information content (AvgIpc) is 2.53. The fourth-order valence-electron chi connectivity index (χ4n) is 1.38. The van der Waals surface area contributed by atoms with Crippen molar-refractivity contribution >= 4 is 33.6 Å². The molecule has 0 unspecified atom stereocenters. The second-order valence-electron chi connectivity index (χ2n) is 2.83. The molecule has 0 atom stereocenters. The lowest BCUT2D eigenvalue weighted by molar-refractivity contribution is 0.613. The molecule has 0 saturated carbocycles. The first-order chi connectivity index (χ1) is 6.24. The van der Waals surface area contributed by atoms with Gasteiger partial charge >= 0.3 is 0 Å². The van der Waals surface area contributed by atoms with Crippen LogP contribution in [0.25, 0.3) is 11.0 Å². The third-order valence-electron chi connectivity index (χ3n) is 2.00. The number of fused-ring (bicyclic) bond motifs is 1. The van der Waals surface area contributed by atoms with Gasteiger partial charge in [0, 0.05) is 5.39 Å². The van der Waals surface area contributed by atoms with Crippen LogP contribution in [-0.2, 0) is 0 Å². The Labute approximate surface area is 89.3 Å². The van der Waals surface area contributed by atoms with E-state index in [1.807, 2.05) is 19.1 Å². The summed E-state index contributed by atoms with van der Waals surface area (Å²) in [5.41, 5.74) is 2.52. The third kappa shape index (κ3) is 1.22. The molecule has 2 rings (SSSR count). The third-order valence-corrected chi connectivity index (χ3v) is 2.80. The van der Waals surface area contributed by atoms with Crippen molar-refractivity contribution in [3.8, 4) is 6.07 Å². The van der Waals surface area contributed by atoms with Gasteiger partial charge in [0.25, 0.3) is 0 Å². The van der Waals surface area contributed by atoms with Crippen LogP contribution in [0.2, 0.25) is 0 Å². The molecule has 3 heteroatoms. The Bertz CT molecular complexity index is 507. The molecule has 2 aromatic rings. The van der Waals surface area contributed by atoms with Crippen LogP contribution in [0.15, 0.2) is 22.8 Å². The van der Waals surface area contributed by atoms with Crippen LogP contribution in [0.5, 0.6) is 0 Å². The zero-order valence-electron chi connectivity index (χ0n) is 6.97. The highest BCUT2D eigenvalue weighted by molar-refractivity contribution is 14.1. The largest absolute Gasteiger partial charge is 0.463 e. The number of hydrogen-bond donors (Lipinski definition) is 0. The van der Waals surface area contributed by atoms with Crippen LogP contribution in [0.4, 0.5) is 0 Å². The highest BCUT2D eigenvalue weighted by Crippen LogP contribution is 2.27. The molecule has 0 aliphatic rings.